The van der Waals surface area contributed by atoms with E-state index in [1.165, 1.54) is 44.5 Å². The Morgan fingerprint density at radius 3 is 0.800 bits per heavy atom. The van der Waals surface area contributed by atoms with Crippen LogP contribution in [0, 0.1) is 0 Å². The molecule has 0 bridgehead atoms. The molecule has 0 nitrogen and oxygen atoms in total. The molecule has 0 spiro atoms. The summed E-state index contributed by atoms with van der Waals surface area (Å²) < 4.78 is 0. The third-order valence-corrected chi connectivity index (χ3v) is 5.50. The van der Waals surface area contributed by atoms with Crippen LogP contribution in [0.1, 0.15) is 0 Å². The summed E-state index contributed by atoms with van der Waals surface area (Å²) in [7, 11) is 0. The van der Waals surface area contributed by atoms with Gasteiger partial charge in [-0.3, -0.25) is 0 Å². The van der Waals surface area contributed by atoms with Gasteiger partial charge in [0.2, 0.25) is 0 Å². The van der Waals surface area contributed by atoms with Crippen LogP contribution in [0.3, 0.4) is 0 Å². The summed E-state index contributed by atoms with van der Waals surface area (Å²) in [6.45, 7) is 0. The van der Waals surface area contributed by atoms with Crippen LogP contribution in [0.4, 0.5) is 0 Å². The van der Waals surface area contributed by atoms with Gasteiger partial charge in [-0.15, -0.1) is 0 Å². The Morgan fingerprint density at radius 2 is 0.500 bits per heavy atom. The highest BCUT2D eigenvalue weighted by molar-refractivity contribution is 6.01. The van der Waals surface area contributed by atoms with Gasteiger partial charge in [-0.1, -0.05) is 133 Å². The highest BCUT2D eigenvalue weighted by Crippen LogP contribution is 2.45. The molecular formula is C30H22. The number of rotatable bonds is 4. The van der Waals surface area contributed by atoms with Gasteiger partial charge in [0, 0.05) is 0 Å². The highest BCUT2D eigenvalue weighted by atomic mass is 14.2. The zero-order chi connectivity index (χ0) is 20.2. The topological polar surface area (TPSA) is 0 Å². The van der Waals surface area contributed by atoms with E-state index in [0.29, 0.717) is 0 Å². The number of benzene rings is 5. The molecule has 0 fully saturated rings. The lowest BCUT2D eigenvalue weighted by Gasteiger charge is -2.20. The average Bonchev–Trinajstić information content (AvgIpc) is 2.85. The quantitative estimate of drug-likeness (QED) is 0.293. The first-order valence-electron chi connectivity index (χ1n) is 10.3. The van der Waals surface area contributed by atoms with Gasteiger partial charge in [-0.25, -0.2) is 0 Å². The summed E-state index contributed by atoms with van der Waals surface area (Å²) in [6, 6.07) is 47.4. The van der Waals surface area contributed by atoms with Crippen molar-refractivity contribution in [2.24, 2.45) is 0 Å². The molecule has 0 heterocycles. The van der Waals surface area contributed by atoms with Crippen LogP contribution in [0.5, 0.6) is 0 Å². The predicted molar refractivity (Wildman–Crippen MR) is 128 cm³/mol. The van der Waals surface area contributed by atoms with Gasteiger partial charge >= 0.3 is 0 Å². The molecule has 0 saturated heterocycles. The summed E-state index contributed by atoms with van der Waals surface area (Å²) >= 11 is 0. The van der Waals surface area contributed by atoms with Crippen LogP contribution in [0.25, 0.3) is 44.5 Å². The Hall–Kier alpha value is -3.90. The molecule has 0 unspecified atom stereocenters. The molecule has 0 N–H and O–H groups in total. The van der Waals surface area contributed by atoms with Crippen LogP contribution >= 0.6 is 0 Å². The van der Waals surface area contributed by atoms with E-state index in [2.05, 4.69) is 133 Å². The number of hydrogen-bond acceptors (Lipinski definition) is 0. The first-order valence-corrected chi connectivity index (χ1v) is 10.3. The summed E-state index contributed by atoms with van der Waals surface area (Å²) in [5, 5.41) is 0. The van der Waals surface area contributed by atoms with Crippen molar-refractivity contribution in [3.63, 3.8) is 0 Å². The Kier molecular flexibility index (Phi) is 4.98. The normalized spacial score (nSPS) is 10.7. The van der Waals surface area contributed by atoms with Gasteiger partial charge in [0.25, 0.3) is 0 Å². The lowest BCUT2D eigenvalue weighted by molar-refractivity contribution is 1.54. The maximum absolute atomic E-state index is 2.27. The van der Waals surface area contributed by atoms with E-state index < -0.39 is 0 Å². The third kappa shape index (κ3) is 3.44. The van der Waals surface area contributed by atoms with Gasteiger partial charge in [0.1, 0.15) is 0 Å². The largest absolute Gasteiger partial charge is 0.0622 e. The molecule has 142 valence electrons. The Labute approximate surface area is 178 Å². The molecule has 0 atom stereocenters. The van der Waals surface area contributed by atoms with E-state index in [1.54, 1.807) is 0 Å². The molecule has 30 heavy (non-hydrogen) atoms. The molecule has 0 amide bonds. The second-order valence-corrected chi connectivity index (χ2v) is 7.37. The summed E-state index contributed by atoms with van der Waals surface area (Å²) in [4.78, 5) is 0. The lowest BCUT2D eigenvalue weighted by atomic mass is 9.83. The second-order valence-electron chi connectivity index (χ2n) is 7.37. The fourth-order valence-electron chi connectivity index (χ4n) is 4.13. The Bertz CT molecular complexity index is 1140. The van der Waals surface area contributed by atoms with Crippen molar-refractivity contribution >= 4 is 0 Å². The number of hydrogen-bond donors (Lipinski definition) is 0. The third-order valence-electron chi connectivity index (χ3n) is 5.50. The van der Waals surface area contributed by atoms with Crippen LogP contribution in [0.2, 0.25) is 0 Å². The first kappa shape index (κ1) is 18.1. The average molecular weight is 383 g/mol. The van der Waals surface area contributed by atoms with Crippen LogP contribution in [0.15, 0.2) is 133 Å². The van der Waals surface area contributed by atoms with E-state index in [9.17, 15) is 0 Å². The molecule has 0 aliphatic carbocycles. The van der Waals surface area contributed by atoms with Gasteiger partial charge in [0.05, 0.1) is 0 Å². The van der Waals surface area contributed by atoms with Crippen LogP contribution in [-0.4, -0.2) is 0 Å². The molecule has 0 aromatic heterocycles. The van der Waals surface area contributed by atoms with Crippen LogP contribution in [-0.2, 0) is 0 Å². The minimum absolute atomic E-state index is 1.23. The molecule has 0 aliphatic rings. The Morgan fingerprint density at radius 1 is 0.233 bits per heavy atom. The van der Waals surface area contributed by atoms with E-state index in [-0.39, 0.29) is 0 Å². The van der Waals surface area contributed by atoms with Crippen molar-refractivity contribution in [3.05, 3.63) is 133 Å². The van der Waals surface area contributed by atoms with E-state index >= 15 is 0 Å². The zero-order valence-electron chi connectivity index (χ0n) is 16.7. The van der Waals surface area contributed by atoms with Crippen molar-refractivity contribution in [3.8, 4) is 44.5 Å². The van der Waals surface area contributed by atoms with Gasteiger partial charge in [0.15, 0.2) is 0 Å². The van der Waals surface area contributed by atoms with E-state index in [4.69, 9.17) is 0 Å². The van der Waals surface area contributed by atoms with Gasteiger partial charge in [-0.05, 0) is 44.5 Å². The summed E-state index contributed by atoms with van der Waals surface area (Å²) in [5.74, 6) is 0. The van der Waals surface area contributed by atoms with Crippen molar-refractivity contribution in [1.29, 1.82) is 0 Å². The van der Waals surface area contributed by atoms with Crippen molar-refractivity contribution in [2.75, 3.05) is 0 Å². The lowest BCUT2D eigenvalue weighted by Crippen LogP contribution is -1.94. The fraction of sp³-hybridized carbons (Fsp3) is 0. The van der Waals surface area contributed by atoms with Crippen molar-refractivity contribution in [2.45, 2.75) is 0 Å². The molecule has 0 saturated carbocycles. The monoisotopic (exact) mass is 382 g/mol. The molecule has 0 radical (unpaired) electrons. The van der Waals surface area contributed by atoms with Gasteiger partial charge in [-0.2, -0.15) is 0 Å². The molecule has 5 rings (SSSR count). The Balaban J connectivity index is 1.91. The molecule has 0 aliphatic heterocycles. The molecule has 5 aromatic rings. The van der Waals surface area contributed by atoms with Gasteiger partial charge < -0.3 is 0 Å². The summed E-state index contributed by atoms with van der Waals surface area (Å²) in [6.07, 6.45) is 0. The maximum Gasteiger partial charge on any atom is -0.00206 e. The fourth-order valence-corrected chi connectivity index (χ4v) is 4.13. The minimum atomic E-state index is 1.23. The molecule has 0 heteroatoms. The SMILES string of the molecule is c1ccc(-c2ccc(-c3ccccc3)c(-c3ccccc3)c2-c2ccccc2)cc1. The molecule has 5 aromatic carbocycles. The zero-order valence-corrected chi connectivity index (χ0v) is 16.7. The minimum Gasteiger partial charge on any atom is -0.0622 e. The molecular weight excluding hydrogens is 360 g/mol. The van der Waals surface area contributed by atoms with Crippen molar-refractivity contribution < 1.29 is 0 Å². The predicted octanol–water partition coefficient (Wildman–Crippen LogP) is 8.35. The smallest absolute Gasteiger partial charge is 0.00206 e. The second kappa shape index (κ2) is 8.23. The standard InChI is InChI=1S/C30H22/c1-5-13-23(14-6-1)27-21-22-28(24-15-7-2-8-16-24)30(26-19-11-4-12-20-26)29(27)25-17-9-3-10-18-25/h1-22H. The van der Waals surface area contributed by atoms with Crippen LogP contribution < -0.4 is 0 Å². The highest BCUT2D eigenvalue weighted by Gasteiger charge is 2.18. The maximum atomic E-state index is 2.27. The summed E-state index contributed by atoms with van der Waals surface area (Å²) in [5.41, 5.74) is 9.96. The van der Waals surface area contributed by atoms with Crippen molar-refractivity contribution in [1.82, 2.24) is 0 Å². The van der Waals surface area contributed by atoms with E-state index in [0.717, 1.165) is 0 Å². The van der Waals surface area contributed by atoms with E-state index in [1.807, 2.05) is 0 Å². The first-order chi connectivity index (χ1) is 14.9.